The highest BCUT2D eigenvalue weighted by molar-refractivity contribution is 9.10. The first kappa shape index (κ1) is 25.1. The Morgan fingerprint density at radius 2 is 1.68 bits per heavy atom. The fraction of sp³-hybridized carbons (Fsp3) is 0.417. The molecule has 2 N–H and O–H groups in total. The Labute approximate surface area is 199 Å². The Morgan fingerprint density at radius 1 is 0.935 bits per heavy atom. The fourth-order valence-corrected chi connectivity index (χ4v) is 3.54. The minimum atomic E-state index is -0.289. The van der Waals surface area contributed by atoms with E-state index in [1.807, 2.05) is 31.2 Å². The highest BCUT2D eigenvalue weighted by Crippen LogP contribution is 2.26. The Balaban J connectivity index is 1.78. The van der Waals surface area contributed by atoms with Gasteiger partial charge in [0, 0.05) is 11.3 Å². The molecule has 168 valence electrons. The number of anilines is 1. The van der Waals surface area contributed by atoms with Gasteiger partial charge in [0.2, 0.25) is 0 Å². The monoisotopic (exact) mass is 506 g/mol. The Hall–Kier alpha value is -2.12. The van der Waals surface area contributed by atoms with Gasteiger partial charge < -0.3 is 14.8 Å². The van der Waals surface area contributed by atoms with Gasteiger partial charge in [-0.25, -0.2) is 0 Å². The second kappa shape index (κ2) is 14.0. The third-order valence-corrected chi connectivity index (χ3v) is 5.34. The molecule has 0 spiro atoms. The minimum Gasteiger partial charge on any atom is -0.494 e. The molecule has 1 amide bonds. The number of ether oxygens (including phenoxy) is 2. The van der Waals surface area contributed by atoms with E-state index in [9.17, 15) is 4.79 Å². The molecular formula is C24H31BrN2O3S. The molecule has 0 aromatic heterocycles. The van der Waals surface area contributed by atoms with Gasteiger partial charge in [-0.3, -0.25) is 10.1 Å². The fourth-order valence-electron chi connectivity index (χ4n) is 2.84. The Bertz CT molecular complexity index is 843. The van der Waals surface area contributed by atoms with Crippen LogP contribution in [0.1, 0.15) is 62.7 Å². The summed E-state index contributed by atoms with van der Waals surface area (Å²) in [7, 11) is 0. The number of carbonyl (C=O) groups is 1. The van der Waals surface area contributed by atoms with E-state index < -0.39 is 0 Å². The molecule has 0 aliphatic rings. The van der Waals surface area contributed by atoms with Crippen molar-refractivity contribution in [1.29, 1.82) is 0 Å². The predicted octanol–water partition coefficient (Wildman–Crippen LogP) is 6.71. The SMILES string of the molecule is CCCCCCCOc1ccc(NC(=S)NC(=O)c2ccc(OCCC)c(Br)c2)cc1. The molecule has 0 unspecified atom stereocenters. The van der Waals surface area contributed by atoms with E-state index in [1.165, 1.54) is 25.7 Å². The zero-order valence-corrected chi connectivity index (χ0v) is 20.6. The number of unbranched alkanes of at least 4 members (excludes halogenated alkanes) is 4. The summed E-state index contributed by atoms with van der Waals surface area (Å²) >= 11 is 8.71. The first-order valence-corrected chi connectivity index (χ1v) is 12.0. The molecule has 0 saturated heterocycles. The molecule has 0 aliphatic heterocycles. The molecule has 2 aromatic rings. The van der Waals surface area contributed by atoms with Crippen molar-refractivity contribution in [3.63, 3.8) is 0 Å². The third kappa shape index (κ3) is 9.27. The van der Waals surface area contributed by atoms with Crippen LogP contribution in [-0.4, -0.2) is 24.2 Å². The lowest BCUT2D eigenvalue weighted by molar-refractivity contribution is 0.0977. The van der Waals surface area contributed by atoms with Crippen molar-refractivity contribution >= 4 is 44.9 Å². The van der Waals surface area contributed by atoms with E-state index in [2.05, 4.69) is 33.5 Å². The number of amides is 1. The Kier molecular flexibility index (Phi) is 11.4. The van der Waals surface area contributed by atoms with Crippen molar-refractivity contribution < 1.29 is 14.3 Å². The van der Waals surface area contributed by atoms with Gasteiger partial charge in [-0.15, -0.1) is 0 Å². The van der Waals surface area contributed by atoms with Crippen LogP contribution in [-0.2, 0) is 0 Å². The summed E-state index contributed by atoms with van der Waals surface area (Å²) in [5.74, 6) is 1.25. The molecule has 0 bridgehead atoms. The molecule has 5 nitrogen and oxygen atoms in total. The van der Waals surface area contributed by atoms with Crippen molar-refractivity contribution in [2.75, 3.05) is 18.5 Å². The summed E-state index contributed by atoms with van der Waals surface area (Å²) in [6, 6.07) is 12.7. The van der Waals surface area contributed by atoms with E-state index in [1.54, 1.807) is 18.2 Å². The lowest BCUT2D eigenvalue weighted by atomic mass is 10.2. The van der Waals surface area contributed by atoms with Crippen LogP contribution in [0.5, 0.6) is 11.5 Å². The average molecular weight is 507 g/mol. The van der Waals surface area contributed by atoms with Crippen LogP contribution in [0.3, 0.4) is 0 Å². The maximum absolute atomic E-state index is 12.5. The third-order valence-electron chi connectivity index (χ3n) is 4.51. The maximum atomic E-state index is 12.5. The summed E-state index contributed by atoms with van der Waals surface area (Å²) < 4.78 is 12.1. The lowest BCUT2D eigenvalue weighted by Gasteiger charge is -2.12. The zero-order valence-electron chi connectivity index (χ0n) is 18.2. The van der Waals surface area contributed by atoms with E-state index in [0.717, 1.165) is 35.4 Å². The van der Waals surface area contributed by atoms with Gasteiger partial charge in [0.15, 0.2) is 5.11 Å². The smallest absolute Gasteiger partial charge is 0.257 e. The minimum absolute atomic E-state index is 0.233. The molecule has 0 atom stereocenters. The largest absolute Gasteiger partial charge is 0.494 e. The van der Waals surface area contributed by atoms with Crippen LogP contribution in [0.25, 0.3) is 0 Å². The number of nitrogens with one attached hydrogen (secondary N) is 2. The molecule has 0 fully saturated rings. The molecule has 0 heterocycles. The normalized spacial score (nSPS) is 10.4. The molecule has 2 aromatic carbocycles. The topological polar surface area (TPSA) is 59.6 Å². The number of benzene rings is 2. The average Bonchev–Trinajstić information content (AvgIpc) is 2.76. The number of hydrogen-bond acceptors (Lipinski definition) is 4. The summed E-state index contributed by atoms with van der Waals surface area (Å²) in [6.07, 6.45) is 6.98. The first-order chi connectivity index (χ1) is 15.0. The van der Waals surface area contributed by atoms with Crippen LogP contribution in [0.4, 0.5) is 5.69 Å². The number of rotatable bonds is 12. The molecule has 7 heteroatoms. The van der Waals surface area contributed by atoms with E-state index >= 15 is 0 Å². The van der Waals surface area contributed by atoms with E-state index in [0.29, 0.717) is 17.9 Å². The summed E-state index contributed by atoms with van der Waals surface area (Å²) in [5, 5.41) is 5.95. The molecular weight excluding hydrogens is 476 g/mol. The quantitative estimate of drug-likeness (QED) is 0.247. The number of carbonyl (C=O) groups excluding carboxylic acids is 1. The first-order valence-electron chi connectivity index (χ1n) is 10.8. The van der Waals surface area contributed by atoms with Crippen LogP contribution in [0.15, 0.2) is 46.9 Å². The molecule has 0 saturated carbocycles. The van der Waals surface area contributed by atoms with Gasteiger partial charge in [-0.2, -0.15) is 0 Å². The van der Waals surface area contributed by atoms with Gasteiger partial charge in [-0.1, -0.05) is 39.5 Å². The van der Waals surface area contributed by atoms with Crippen molar-refractivity contribution in [3.8, 4) is 11.5 Å². The summed E-state index contributed by atoms with van der Waals surface area (Å²) in [5.41, 5.74) is 1.27. The van der Waals surface area contributed by atoms with Gasteiger partial charge >= 0.3 is 0 Å². The second-order valence-corrected chi connectivity index (χ2v) is 8.45. The molecule has 0 aliphatic carbocycles. The van der Waals surface area contributed by atoms with Crippen LogP contribution < -0.4 is 20.1 Å². The maximum Gasteiger partial charge on any atom is 0.257 e. The summed E-state index contributed by atoms with van der Waals surface area (Å²) in [6.45, 7) is 5.60. The molecule has 31 heavy (non-hydrogen) atoms. The summed E-state index contributed by atoms with van der Waals surface area (Å²) in [4.78, 5) is 12.5. The number of halogens is 1. The predicted molar refractivity (Wildman–Crippen MR) is 134 cm³/mol. The van der Waals surface area contributed by atoms with Crippen molar-refractivity contribution in [1.82, 2.24) is 5.32 Å². The van der Waals surface area contributed by atoms with Crippen molar-refractivity contribution in [2.24, 2.45) is 0 Å². The van der Waals surface area contributed by atoms with Crippen LogP contribution >= 0.6 is 28.1 Å². The van der Waals surface area contributed by atoms with E-state index in [4.69, 9.17) is 21.7 Å². The van der Waals surface area contributed by atoms with Crippen LogP contribution in [0.2, 0.25) is 0 Å². The Morgan fingerprint density at radius 3 is 2.35 bits per heavy atom. The molecule has 2 rings (SSSR count). The van der Waals surface area contributed by atoms with Crippen molar-refractivity contribution in [2.45, 2.75) is 52.4 Å². The van der Waals surface area contributed by atoms with Crippen LogP contribution in [0, 0.1) is 0 Å². The number of hydrogen-bond donors (Lipinski definition) is 2. The number of thiocarbonyl (C=S) groups is 1. The van der Waals surface area contributed by atoms with E-state index in [-0.39, 0.29) is 11.0 Å². The highest BCUT2D eigenvalue weighted by atomic mass is 79.9. The standard InChI is InChI=1S/C24H31BrN2O3S/c1-3-5-6-7-8-16-29-20-12-10-19(11-13-20)26-24(31)27-23(28)18-9-14-22(21(25)17-18)30-15-4-2/h9-14,17H,3-8,15-16H2,1-2H3,(H2,26,27,28,31). The highest BCUT2D eigenvalue weighted by Gasteiger charge is 2.11. The van der Waals surface area contributed by atoms with Crippen molar-refractivity contribution in [3.05, 3.63) is 52.5 Å². The van der Waals surface area contributed by atoms with Gasteiger partial charge in [0.1, 0.15) is 11.5 Å². The lowest BCUT2D eigenvalue weighted by Crippen LogP contribution is -2.34. The van der Waals surface area contributed by atoms with Gasteiger partial charge in [-0.05, 0) is 83.5 Å². The van der Waals surface area contributed by atoms with Gasteiger partial charge in [0.05, 0.1) is 17.7 Å². The zero-order chi connectivity index (χ0) is 22.5. The molecule has 0 radical (unpaired) electrons. The second-order valence-electron chi connectivity index (χ2n) is 7.19. The van der Waals surface area contributed by atoms with Gasteiger partial charge in [0.25, 0.3) is 5.91 Å².